The van der Waals surface area contributed by atoms with Gasteiger partial charge in [-0.25, -0.2) is 0 Å². The molecule has 0 spiro atoms. The van der Waals surface area contributed by atoms with Crippen molar-refractivity contribution in [2.45, 2.75) is 38.1 Å². The van der Waals surface area contributed by atoms with Crippen LogP contribution < -0.4 is 5.32 Å². The van der Waals surface area contributed by atoms with Crippen molar-refractivity contribution in [3.63, 3.8) is 0 Å². The normalized spacial score (nSPS) is 19.4. The highest BCUT2D eigenvalue weighted by Crippen LogP contribution is 2.34. The standard InChI is InChI=1S/C19H22N4O/c1-20-18-11-14-12-23(10-9-17(14)21-22-18)19(24)16-8-4-6-13-5-2-3-7-15(13)16/h2-3,5,7,11,16H,4,6,8-10,12H2,1H3,(H,20,22). The van der Waals surface area contributed by atoms with Crippen LogP contribution in [0.4, 0.5) is 5.82 Å². The van der Waals surface area contributed by atoms with Gasteiger partial charge < -0.3 is 10.2 Å². The van der Waals surface area contributed by atoms with E-state index >= 15 is 0 Å². The fourth-order valence-corrected chi connectivity index (χ4v) is 3.87. The van der Waals surface area contributed by atoms with Crippen molar-refractivity contribution in [1.29, 1.82) is 0 Å². The highest BCUT2D eigenvalue weighted by molar-refractivity contribution is 5.84. The number of carbonyl (C=O) groups is 1. The topological polar surface area (TPSA) is 58.1 Å². The summed E-state index contributed by atoms with van der Waals surface area (Å²) in [4.78, 5) is 15.2. The molecule has 0 saturated carbocycles. The van der Waals surface area contributed by atoms with Gasteiger partial charge in [0.25, 0.3) is 0 Å². The van der Waals surface area contributed by atoms with Crippen molar-refractivity contribution < 1.29 is 4.79 Å². The third-order valence-electron chi connectivity index (χ3n) is 5.18. The number of benzene rings is 1. The maximum absolute atomic E-state index is 13.2. The van der Waals surface area contributed by atoms with Crippen LogP contribution in [-0.4, -0.2) is 34.6 Å². The first kappa shape index (κ1) is 15.1. The van der Waals surface area contributed by atoms with E-state index in [0.717, 1.165) is 49.3 Å². The third kappa shape index (κ3) is 2.64. The lowest BCUT2D eigenvalue weighted by Crippen LogP contribution is -2.40. The van der Waals surface area contributed by atoms with E-state index in [1.807, 2.05) is 24.1 Å². The minimum absolute atomic E-state index is 0.00932. The third-order valence-corrected chi connectivity index (χ3v) is 5.18. The number of nitrogens with zero attached hydrogens (tertiary/aromatic N) is 3. The predicted molar refractivity (Wildman–Crippen MR) is 92.8 cm³/mol. The average Bonchev–Trinajstić information content (AvgIpc) is 2.66. The molecule has 2 aliphatic rings. The van der Waals surface area contributed by atoms with Crippen LogP contribution in [0.15, 0.2) is 30.3 Å². The fourth-order valence-electron chi connectivity index (χ4n) is 3.87. The summed E-state index contributed by atoms with van der Waals surface area (Å²) in [5.41, 5.74) is 4.69. The highest BCUT2D eigenvalue weighted by Gasteiger charge is 2.31. The van der Waals surface area contributed by atoms with Gasteiger partial charge in [-0.15, -0.1) is 5.10 Å². The number of nitrogens with one attached hydrogen (secondary N) is 1. The minimum atomic E-state index is 0.00932. The Morgan fingerprint density at radius 3 is 2.96 bits per heavy atom. The molecule has 2 aromatic rings. The summed E-state index contributed by atoms with van der Waals surface area (Å²) in [6.07, 6.45) is 3.92. The zero-order valence-corrected chi connectivity index (χ0v) is 14.0. The molecule has 1 aliphatic heterocycles. The number of anilines is 1. The molecule has 1 amide bonds. The molecule has 0 saturated heterocycles. The Kier molecular flexibility index (Phi) is 3.92. The Morgan fingerprint density at radius 1 is 1.21 bits per heavy atom. The molecule has 0 radical (unpaired) electrons. The summed E-state index contributed by atoms with van der Waals surface area (Å²) in [7, 11) is 1.83. The Balaban J connectivity index is 1.58. The van der Waals surface area contributed by atoms with E-state index in [-0.39, 0.29) is 11.8 Å². The number of fused-ring (bicyclic) bond motifs is 2. The monoisotopic (exact) mass is 322 g/mol. The molecule has 1 unspecified atom stereocenters. The number of hydrogen-bond donors (Lipinski definition) is 1. The maximum atomic E-state index is 13.2. The second kappa shape index (κ2) is 6.23. The largest absolute Gasteiger partial charge is 0.372 e. The van der Waals surface area contributed by atoms with Gasteiger partial charge in [0.1, 0.15) is 5.82 Å². The fraction of sp³-hybridized carbons (Fsp3) is 0.421. The Bertz CT molecular complexity index is 774. The smallest absolute Gasteiger partial charge is 0.230 e. The van der Waals surface area contributed by atoms with Gasteiger partial charge in [0.05, 0.1) is 11.6 Å². The number of hydrogen-bond acceptors (Lipinski definition) is 4. The Labute approximate surface area is 142 Å². The SMILES string of the molecule is CNc1cc2c(nn1)CCN(C(=O)C1CCCc3ccccc31)C2. The van der Waals surface area contributed by atoms with E-state index in [9.17, 15) is 4.79 Å². The van der Waals surface area contributed by atoms with E-state index in [0.29, 0.717) is 6.54 Å². The number of aryl methyl sites for hydroxylation is 1. The second-order valence-corrected chi connectivity index (χ2v) is 6.60. The average molecular weight is 322 g/mol. The molecule has 1 aromatic heterocycles. The summed E-state index contributed by atoms with van der Waals surface area (Å²) >= 11 is 0. The molecule has 1 aliphatic carbocycles. The quantitative estimate of drug-likeness (QED) is 0.923. The van der Waals surface area contributed by atoms with Crippen molar-refractivity contribution >= 4 is 11.7 Å². The molecular weight excluding hydrogens is 300 g/mol. The van der Waals surface area contributed by atoms with Crippen LogP contribution in [-0.2, 0) is 24.2 Å². The molecule has 0 fully saturated rings. The van der Waals surface area contributed by atoms with Gasteiger partial charge in [0.15, 0.2) is 0 Å². The second-order valence-electron chi connectivity index (χ2n) is 6.60. The van der Waals surface area contributed by atoms with Gasteiger partial charge in [0, 0.05) is 26.6 Å². The van der Waals surface area contributed by atoms with Crippen molar-refractivity contribution in [2.24, 2.45) is 0 Å². The van der Waals surface area contributed by atoms with Gasteiger partial charge in [0.2, 0.25) is 5.91 Å². The van der Waals surface area contributed by atoms with Gasteiger partial charge in [-0.3, -0.25) is 4.79 Å². The molecule has 124 valence electrons. The van der Waals surface area contributed by atoms with Gasteiger partial charge in [-0.05, 0) is 42.0 Å². The number of carbonyl (C=O) groups excluding carboxylic acids is 1. The lowest BCUT2D eigenvalue weighted by molar-refractivity contribution is -0.134. The van der Waals surface area contributed by atoms with E-state index in [1.54, 1.807) is 0 Å². The van der Waals surface area contributed by atoms with E-state index in [2.05, 4.69) is 33.7 Å². The van der Waals surface area contributed by atoms with Crippen molar-refractivity contribution in [1.82, 2.24) is 15.1 Å². The van der Waals surface area contributed by atoms with Crippen LogP contribution in [0.25, 0.3) is 0 Å². The lowest BCUT2D eigenvalue weighted by atomic mass is 9.82. The zero-order chi connectivity index (χ0) is 16.5. The molecule has 4 rings (SSSR count). The van der Waals surface area contributed by atoms with Crippen molar-refractivity contribution in [2.75, 3.05) is 18.9 Å². The van der Waals surface area contributed by atoms with Crippen molar-refractivity contribution in [3.05, 3.63) is 52.7 Å². The van der Waals surface area contributed by atoms with Crippen LogP contribution in [0.1, 0.15) is 41.1 Å². The Hall–Kier alpha value is -2.43. The first-order chi connectivity index (χ1) is 11.8. The zero-order valence-electron chi connectivity index (χ0n) is 14.0. The summed E-state index contributed by atoms with van der Waals surface area (Å²) in [5.74, 6) is 1.02. The van der Waals surface area contributed by atoms with Gasteiger partial charge in [-0.1, -0.05) is 24.3 Å². The number of amides is 1. The molecule has 1 aromatic carbocycles. The highest BCUT2D eigenvalue weighted by atomic mass is 16.2. The maximum Gasteiger partial charge on any atom is 0.230 e. The van der Waals surface area contributed by atoms with E-state index in [1.165, 1.54) is 11.1 Å². The first-order valence-corrected chi connectivity index (χ1v) is 8.66. The lowest BCUT2D eigenvalue weighted by Gasteiger charge is -2.33. The number of aromatic nitrogens is 2. The molecule has 5 heteroatoms. The summed E-state index contributed by atoms with van der Waals surface area (Å²) in [6, 6.07) is 10.4. The summed E-state index contributed by atoms with van der Waals surface area (Å²) in [5, 5.41) is 11.4. The number of rotatable bonds is 2. The summed E-state index contributed by atoms with van der Waals surface area (Å²) < 4.78 is 0. The molecule has 5 nitrogen and oxygen atoms in total. The Morgan fingerprint density at radius 2 is 2.08 bits per heavy atom. The van der Waals surface area contributed by atoms with Gasteiger partial charge in [-0.2, -0.15) is 5.10 Å². The molecule has 1 atom stereocenters. The minimum Gasteiger partial charge on any atom is -0.372 e. The van der Waals surface area contributed by atoms with Crippen LogP contribution in [0, 0.1) is 0 Å². The van der Waals surface area contributed by atoms with Gasteiger partial charge >= 0.3 is 0 Å². The van der Waals surface area contributed by atoms with Crippen LogP contribution in [0.2, 0.25) is 0 Å². The van der Waals surface area contributed by atoms with E-state index in [4.69, 9.17) is 0 Å². The first-order valence-electron chi connectivity index (χ1n) is 8.66. The molecule has 2 heterocycles. The van der Waals surface area contributed by atoms with Crippen LogP contribution >= 0.6 is 0 Å². The van der Waals surface area contributed by atoms with Crippen molar-refractivity contribution in [3.8, 4) is 0 Å². The predicted octanol–water partition coefficient (Wildman–Crippen LogP) is 2.52. The molecular formula is C19H22N4O. The summed E-state index contributed by atoms with van der Waals surface area (Å²) in [6.45, 7) is 1.37. The molecule has 1 N–H and O–H groups in total. The van der Waals surface area contributed by atoms with Crippen LogP contribution in [0.3, 0.4) is 0 Å². The van der Waals surface area contributed by atoms with E-state index < -0.39 is 0 Å². The molecule has 24 heavy (non-hydrogen) atoms. The van der Waals surface area contributed by atoms with Crippen LogP contribution in [0.5, 0.6) is 0 Å². The molecule has 0 bridgehead atoms.